The van der Waals surface area contributed by atoms with E-state index in [1.165, 1.54) is 30.0 Å². The lowest BCUT2D eigenvalue weighted by molar-refractivity contribution is -0.137. The van der Waals surface area contributed by atoms with Gasteiger partial charge in [-0.1, -0.05) is 53.5 Å². The molecule has 0 unspecified atom stereocenters. The van der Waals surface area contributed by atoms with Crippen molar-refractivity contribution in [1.82, 2.24) is 15.6 Å². The summed E-state index contributed by atoms with van der Waals surface area (Å²) in [7, 11) is 0. The topological polar surface area (TPSA) is 179 Å². The highest BCUT2D eigenvalue weighted by molar-refractivity contribution is 6.38. The van der Waals surface area contributed by atoms with Crippen molar-refractivity contribution < 1.29 is 38.3 Å². The van der Waals surface area contributed by atoms with Crippen molar-refractivity contribution in [2.24, 2.45) is 0 Å². The summed E-state index contributed by atoms with van der Waals surface area (Å²) in [5, 5.41) is 14.8. The Bertz CT molecular complexity index is 1880. The van der Waals surface area contributed by atoms with Gasteiger partial charge in [0.15, 0.2) is 5.58 Å². The molecule has 2 heterocycles. The Hall–Kier alpha value is -5.27. The second kappa shape index (κ2) is 13.4. The van der Waals surface area contributed by atoms with E-state index in [2.05, 4.69) is 15.6 Å². The highest BCUT2D eigenvalue weighted by atomic mass is 35.5. The van der Waals surface area contributed by atoms with Crippen molar-refractivity contribution in [3.05, 3.63) is 88.2 Å². The first-order chi connectivity index (χ1) is 21.9. The Morgan fingerprint density at radius 2 is 1.70 bits per heavy atom. The number of rotatable bonds is 9. The third-order valence-electron chi connectivity index (χ3n) is 7.07. The van der Waals surface area contributed by atoms with Gasteiger partial charge in [-0.05, 0) is 36.4 Å². The second-order valence-corrected chi connectivity index (χ2v) is 11.1. The normalized spacial score (nSPS) is 15.1. The summed E-state index contributed by atoms with van der Waals surface area (Å²) in [5.74, 6) is -5.51. The lowest BCUT2D eigenvalue weighted by Crippen LogP contribution is -2.55. The molecule has 0 fully saturated rings. The number of hydrogen-bond donors (Lipinski definition) is 3. The minimum Gasteiger partial charge on any atom is -0.481 e. The molecule has 46 heavy (non-hydrogen) atoms. The highest BCUT2D eigenvalue weighted by Crippen LogP contribution is 2.33. The van der Waals surface area contributed by atoms with Gasteiger partial charge < -0.3 is 25.1 Å². The van der Waals surface area contributed by atoms with Crippen molar-refractivity contribution in [2.75, 3.05) is 22.9 Å². The number of hydrogen-bond acceptors (Lipinski definition) is 8. The van der Waals surface area contributed by atoms with Crippen LogP contribution in [0.5, 0.6) is 0 Å². The van der Waals surface area contributed by atoms with Crippen LogP contribution in [0.15, 0.2) is 71.1 Å². The maximum atomic E-state index is 13.9. The molecule has 13 nitrogen and oxygen atoms in total. The molecule has 0 aliphatic carbocycles. The highest BCUT2D eigenvalue weighted by Gasteiger charge is 2.38. The van der Waals surface area contributed by atoms with E-state index in [0.717, 1.165) is 4.90 Å². The molecule has 1 aliphatic heterocycles. The van der Waals surface area contributed by atoms with E-state index >= 15 is 0 Å². The largest absolute Gasteiger partial charge is 0.481 e. The van der Waals surface area contributed by atoms with Crippen LogP contribution in [0.25, 0.3) is 11.1 Å². The molecule has 0 spiro atoms. The first-order valence-corrected chi connectivity index (χ1v) is 14.5. The Balaban J connectivity index is 1.43. The van der Waals surface area contributed by atoms with E-state index < -0.39 is 66.3 Å². The van der Waals surface area contributed by atoms with Gasteiger partial charge in [0.1, 0.15) is 24.1 Å². The Morgan fingerprint density at radius 3 is 2.37 bits per heavy atom. The smallest absolute Gasteiger partial charge is 0.305 e. The molecule has 1 aromatic heterocycles. The summed E-state index contributed by atoms with van der Waals surface area (Å²) in [6, 6.07) is 14.3. The van der Waals surface area contributed by atoms with Gasteiger partial charge in [0.2, 0.25) is 17.6 Å². The molecule has 15 heteroatoms. The van der Waals surface area contributed by atoms with Crippen molar-refractivity contribution in [2.45, 2.75) is 25.4 Å². The van der Waals surface area contributed by atoms with E-state index in [1.807, 2.05) is 0 Å². The molecule has 0 saturated heterocycles. The van der Waals surface area contributed by atoms with Crippen LogP contribution >= 0.6 is 23.2 Å². The minimum atomic E-state index is -1.65. The number of Topliss-reactive ketones (excluding diaryl/α,β-unsaturated/α-hetero) is 1. The van der Waals surface area contributed by atoms with Crippen LogP contribution < -0.4 is 20.4 Å². The molecule has 1 aliphatic rings. The third-order valence-corrected chi connectivity index (χ3v) is 7.57. The SMILES string of the molecule is CC(=O)N1C[C@H](NC(=O)c2ccccc2)C(=O)N(CC(=O)N[C@@H](CC(=O)O)C(=O)c2nc3cc(Cl)cc(Cl)c3o2)c2ccccc21. The van der Waals surface area contributed by atoms with Crippen LogP contribution in [-0.4, -0.2) is 70.6 Å². The van der Waals surface area contributed by atoms with E-state index in [-0.39, 0.29) is 38.9 Å². The lowest BCUT2D eigenvalue weighted by atomic mass is 10.1. The number of fused-ring (bicyclic) bond motifs is 2. The Morgan fingerprint density at radius 1 is 1.02 bits per heavy atom. The summed E-state index contributed by atoms with van der Waals surface area (Å²) < 4.78 is 5.47. The zero-order valence-corrected chi connectivity index (χ0v) is 25.5. The fourth-order valence-corrected chi connectivity index (χ4v) is 5.49. The number of oxazole rings is 1. The number of ketones is 1. The monoisotopic (exact) mass is 665 g/mol. The fraction of sp³-hybridized carbons (Fsp3) is 0.194. The molecule has 0 bridgehead atoms. The number of halogens is 2. The number of aliphatic carboxylic acids is 1. The van der Waals surface area contributed by atoms with Crippen LogP contribution in [0.3, 0.4) is 0 Å². The van der Waals surface area contributed by atoms with E-state index in [9.17, 15) is 33.9 Å². The minimum absolute atomic E-state index is 0.0419. The number of nitrogens with zero attached hydrogens (tertiary/aromatic N) is 3. The standard InChI is InChI=1S/C31H25Cl2N5O8/c1-16(39)37-14-22(35-29(44)17-7-3-2-4-8-17)31(45)38(24-10-6-5-9-23(24)37)15-25(40)34-20(13-26(41)42)27(43)30-36-21-12-18(32)11-19(33)28(21)46-30/h2-12,20,22H,13-15H2,1H3,(H,34,40)(H,35,44)(H,41,42)/t20-,22-/m0/s1. The Kier molecular flexibility index (Phi) is 9.35. The molecule has 4 amide bonds. The molecular weight excluding hydrogens is 641 g/mol. The molecule has 3 N–H and O–H groups in total. The molecular formula is C31H25Cl2N5O8. The average Bonchev–Trinajstić information content (AvgIpc) is 3.41. The third kappa shape index (κ3) is 6.85. The molecule has 4 aromatic rings. The molecule has 3 aromatic carbocycles. The zero-order valence-electron chi connectivity index (χ0n) is 24.0. The lowest BCUT2D eigenvalue weighted by Gasteiger charge is -2.26. The van der Waals surface area contributed by atoms with Crippen LogP contribution in [0.1, 0.15) is 34.4 Å². The maximum Gasteiger partial charge on any atom is 0.305 e. The van der Waals surface area contributed by atoms with Gasteiger partial charge >= 0.3 is 5.97 Å². The number of carbonyl (C=O) groups excluding carboxylic acids is 5. The molecule has 0 radical (unpaired) electrons. The fourth-order valence-electron chi connectivity index (χ4n) is 4.97. The van der Waals surface area contributed by atoms with Crippen LogP contribution in [0.2, 0.25) is 10.0 Å². The quantitative estimate of drug-likeness (QED) is 0.226. The molecule has 2 atom stereocenters. The number of carboxylic acid groups (broad SMARTS) is 1. The first-order valence-electron chi connectivity index (χ1n) is 13.8. The van der Waals surface area contributed by atoms with Gasteiger partial charge in [-0.3, -0.25) is 33.7 Å². The average molecular weight is 666 g/mol. The number of para-hydroxylation sites is 2. The number of carbonyl (C=O) groups is 6. The summed E-state index contributed by atoms with van der Waals surface area (Å²) in [6.45, 7) is 0.374. The van der Waals surface area contributed by atoms with Gasteiger partial charge in [0, 0.05) is 17.5 Å². The zero-order chi connectivity index (χ0) is 33.1. The van der Waals surface area contributed by atoms with Crippen LogP contribution in [0.4, 0.5) is 11.4 Å². The van der Waals surface area contributed by atoms with Gasteiger partial charge in [-0.15, -0.1) is 0 Å². The summed E-state index contributed by atoms with van der Waals surface area (Å²) in [6.07, 6.45) is -0.837. The first kappa shape index (κ1) is 32.1. The van der Waals surface area contributed by atoms with Crippen molar-refractivity contribution >= 4 is 81.1 Å². The molecule has 0 saturated carbocycles. The van der Waals surface area contributed by atoms with Crippen LogP contribution in [-0.2, 0) is 19.2 Å². The number of aromatic nitrogens is 1. The summed E-state index contributed by atoms with van der Waals surface area (Å²) in [4.78, 5) is 84.5. The van der Waals surface area contributed by atoms with E-state index in [1.54, 1.807) is 48.5 Å². The van der Waals surface area contributed by atoms with Gasteiger partial charge in [0.25, 0.3) is 17.7 Å². The van der Waals surface area contributed by atoms with Gasteiger partial charge in [0.05, 0.1) is 29.4 Å². The maximum absolute atomic E-state index is 13.9. The van der Waals surface area contributed by atoms with E-state index in [4.69, 9.17) is 27.6 Å². The summed E-state index contributed by atoms with van der Waals surface area (Å²) in [5.41, 5.74) is 0.939. The van der Waals surface area contributed by atoms with Gasteiger partial charge in [-0.2, -0.15) is 0 Å². The number of anilines is 2. The van der Waals surface area contributed by atoms with Crippen molar-refractivity contribution in [1.29, 1.82) is 0 Å². The number of carboxylic acids is 1. The number of benzene rings is 3. The number of amides is 4. The Labute approximate surface area is 271 Å². The molecule has 236 valence electrons. The second-order valence-electron chi connectivity index (χ2n) is 10.3. The van der Waals surface area contributed by atoms with E-state index in [0.29, 0.717) is 5.69 Å². The van der Waals surface area contributed by atoms with Crippen molar-refractivity contribution in [3.8, 4) is 0 Å². The van der Waals surface area contributed by atoms with Crippen molar-refractivity contribution in [3.63, 3.8) is 0 Å². The predicted octanol–water partition coefficient (Wildman–Crippen LogP) is 3.48. The molecule has 5 rings (SSSR count). The predicted molar refractivity (Wildman–Crippen MR) is 167 cm³/mol. The number of nitrogens with one attached hydrogen (secondary N) is 2. The van der Waals surface area contributed by atoms with Gasteiger partial charge in [-0.25, -0.2) is 4.98 Å². The summed E-state index contributed by atoms with van der Waals surface area (Å²) >= 11 is 12.1. The van der Waals surface area contributed by atoms with Crippen LogP contribution in [0, 0.1) is 0 Å².